The van der Waals surface area contributed by atoms with Crippen molar-refractivity contribution in [1.29, 1.82) is 0 Å². The fraction of sp³-hybridized carbons (Fsp3) is 0.0556. The first-order valence-corrected chi connectivity index (χ1v) is 8.06. The summed E-state index contributed by atoms with van der Waals surface area (Å²) in [5, 5.41) is 3.45. The van der Waals surface area contributed by atoms with Crippen LogP contribution in [0, 0.1) is 5.82 Å². The zero-order valence-corrected chi connectivity index (χ0v) is 12.9. The van der Waals surface area contributed by atoms with Crippen molar-refractivity contribution < 1.29 is 9.18 Å². The third-order valence-electron chi connectivity index (χ3n) is 4.01. The molecule has 4 rings (SSSR count). The fourth-order valence-electron chi connectivity index (χ4n) is 3.06. The van der Waals surface area contributed by atoms with E-state index in [1.54, 1.807) is 23.5 Å². The van der Waals surface area contributed by atoms with Crippen molar-refractivity contribution in [2.75, 3.05) is 0 Å². The number of hydrogen-bond donors (Lipinski definition) is 1. The summed E-state index contributed by atoms with van der Waals surface area (Å²) in [5.41, 5.74) is 7.71. The van der Waals surface area contributed by atoms with Crippen molar-refractivity contribution >= 4 is 39.0 Å². The second-order valence-electron chi connectivity index (χ2n) is 5.39. The van der Waals surface area contributed by atoms with Gasteiger partial charge in [0.05, 0.1) is 12.1 Å². The van der Waals surface area contributed by atoms with Gasteiger partial charge < -0.3 is 10.3 Å². The normalized spacial score (nSPS) is 11.3. The molecule has 114 valence electrons. The predicted octanol–water partition coefficient (Wildman–Crippen LogP) is 4.14. The Hall–Kier alpha value is -2.66. The number of hydrogen-bond acceptors (Lipinski definition) is 2. The van der Waals surface area contributed by atoms with Crippen molar-refractivity contribution in [3.8, 4) is 0 Å². The maximum Gasteiger partial charge on any atom is 0.249 e. The smallest absolute Gasteiger partial charge is 0.249 e. The minimum Gasteiger partial charge on any atom is -0.366 e. The summed E-state index contributed by atoms with van der Waals surface area (Å²) in [6.45, 7) is 0.672. The summed E-state index contributed by atoms with van der Waals surface area (Å²) in [6.07, 6.45) is 0. The average molecular weight is 324 g/mol. The summed E-state index contributed by atoms with van der Waals surface area (Å²) in [6, 6.07) is 14.2. The van der Waals surface area contributed by atoms with Gasteiger partial charge in [-0.3, -0.25) is 4.79 Å². The molecule has 2 aromatic carbocycles. The topological polar surface area (TPSA) is 48.0 Å². The van der Waals surface area contributed by atoms with Crippen LogP contribution in [0.25, 0.3) is 21.8 Å². The van der Waals surface area contributed by atoms with E-state index < -0.39 is 5.91 Å². The van der Waals surface area contributed by atoms with Crippen LogP contribution in [0.4, 0.5) is 4.39 Å². The first-order chi connectivity index (χ1) is 11.1. The lowest BCUT2D eigenvalue weighted by atomic mass is 10.1. The molecule has 0 aliphatic heterocycles. The van der Waals surface area contributed by atoms with Crippen molar-refractivity contribution in [3.05, 3.63) is 70.2 Å². The van der Waals surface area contributed by atoms with Crippen molar-refractivity contribution in [3.63, 3.8) is 0 Å². The number of halogens is 1. The molecule has 2 heterocycles. The summed E-state index contributed by atoms with van der Waals surface area (Å²) in [4.78, 5) is 13.0. The van der Waals surface area contributed by atoms with Crippen LogP contribution in [-0.4, -0.2) is 10.5 Å². The summed E-state index contributed by atoms with van der Waals surface area (Å²) in [7, 11) is 0. The molecule has 0 aliphatic carbocycles. The van der Waals surface area contributed by atoms with E-state index in [1.807, 2.05) is 23.6 Å². The van der Waals surface area contributed by atoms with E-state index in [2.05, 4.69) is 10.6 Å². The first-order valence-electron chi connectivity index (χ1n) is 7.18. The maximum absolute atomic E-state index is 13.8. The van der Waals surface area contributed by atoms with Crippen LogP contribution in [0.5, 0.6) is 0 Å². The molecule has 3 nitrogen and oxygen atoms in total. The predicted molar refractivity (Wildman–Crippen MR) is 91.3 cm³/mol. The van der Waals surface area contributed by atoms with Gasteiger partial charge in [-0.05, 0) is 41.8 Å². The number of nitrogens with two attached hydrogens (primary N) is 1. The molecule has 0 spiro atoms. The lowest BCUT2D eigenvalue weighted by Gasteiger charge is -2.06. The van der Waals surface area contributed by atoms with E-state index in [0.717, 1.165) is 11.0 Å². The number of amides is 1. The molecular weight excluding hydrogens is 311 g/mol. The van der Waals surface area contributed by atoms with Crippen molar-refractivity contribution in [2.24, 2.45) is 5.73 Å². The molecule has 5 heteroatoms. The lowest BCUT2D eigenvalue weighted by molar-refractivity contribution is 0.100. The molecular formula is C18H13FN2OS. The van der Waals surface area contributed by atoms with Gasteiger partial charge in [-0.2, -0.15) is 0 Å². The number of primary amides is 1. The third-order valence-corrected chi connectivity index (χ3v) is 4.87. The van der Waals surface area contributed by atoms with E-state index in [4.69, 9.17) is 5.73 Å². The molecule has 0 radical (unpaired) electrons. The Labute approximate surface area is 135 Å². The highest BCUT2D eigenvalue weighted by Crippen LogP contribution is 2.33. The molecule has 23 heavy (non-hydrogen) atoms. The second kappa shape index (κ2) is 5.21. The Morgan fingerprint density at radius 1 is 1.13 bits per heavy atom. The Morgan fingerprint density at radius 2 is 2.00 bits per heavy atom. The molecule has 4 aromatic rings. The monoisotopic (exact) mass is 324 g/mol. The maximum atomic E-state index is 13.8. The molecule has 2 aromatic heterocycles. The van der Waals surface area contributed by atoms with Gasteiger partial charge in [0.1, 0.15) is 5.82 Å². The molecule has 0 aliphatic rings. The molecule has 1 amide bonds. The van der Waals surface area contributed by atoms with E-state index >= 15 is 0 Å². The summed E-state index contributed by atoms with van der Waals surface area (Å²) >= 11 is 1.67. The number of carbonyl (C=O) groups is 1. The highest BCUT2D eigenvalue weighted by molar-refractivity contribution is 7.09. The average Bonchev–Trinajstić information content (AvgIpc) is 3.14. The first kappa shape index (κ1) is 14.0. The van der Waals surface area contributed by atoms with Crippen LogP contribution >= 0.6 is 11.3 Å². The zero-order chi connectivity index (χ0) is 16.0. The zero-order valence-electron chi connectivity index (χ0n) is 12.1. The Bertz CT molecular complexity index is 1030. The number of thiophene rings is 1. The van der Waals surface area contributed by atoms with Crippen LogP contribution in [0.2, 0.25) is 0 Å². The van der Waals surface area contributed by atoms with Gasteiger partial charge in [0.2, 0.25) is 5.91 Å². The Morgan fingerprint density at radius 3 is 2.74 bits per heavy atom. The highest BCUT2D eigenvalue weighted by atomic mass is 32.1. The van der Waals surface area contributed by atoms with Gasteiger partial charge in [-0.15, -0.1) is 11.3 Å². The third kappa shape index (κ3) is 2.21. The Balaban J connectivity index is 2.11. The largest absolute Gasteiger partial charge is 0.366 e. The lowest BCUT2D eigenvalue weighted by Crippen LogP contribution is -2.11. The minimum atomic E-state index is -0.505. The van der Waals surface area contributed by atoms with Crippen molar-refractivity contribution in [2.45, 2.75) is 6.54 Å². The van der Waals surface area contributed by atoms with Gasteiger partial charge in [0.25, 0.3) is 0 Å². The molecule has 0 bridgehead atoms. The summed E-state index contributed by atoms with van der Waals surface area (Å²) in [5.74, 6) is -0.831. The summed E-state index contributed by atoms with van der Waals surface area (Å²) < 4.78 is 15.9. The van der Waals surface area contributed by atoms with Gasteiger partial charge in [0, 0.05) is 26.7 Å². The standard InChI is InChI=1S/C18H13FN2OS/c19-11-6-7-15-14(9-11)17-13(18(20)22)4-1-5-16(17)21(15)10-12-3-2-8-23-12/h1-9H,10H2,(H2,20,22). The van der Waals surface area contributed by atoms with Gasteiger partial charge >= 0.3 is 0 Å². The molecule has 0 unspecified atom stereocenters. The van der Waals surface area contributed by atoms with Crippen LogP contribution in [0.15, 0.2) is 53.9 Å². The molecule has 2 N–H and O–H groups in total. The van der Waals surface area contributed by atoms with Crippen LogP contribution in [-0.2, 0) is 6.54 Å². The van der Waals surface area contributed by atoms with Crippen LogP contribution < -0.4 is 5.73 Å². The van der Waals surface area contributed by atoms with E-state index in [9.17, 15) is 9.18 Å². The Kier molecular flexibility index (Phi) is 3.16. The van der Waals surface area contributed by atoms with Gasteiger partial charge in [0.15, 0.2) is 0 Å². The molecule has 0 atom stereocenters. The number of fused-ring (bicyclic) bond motifs is 3. The minimum absolute atomic E-state index is 0.327. The number of aromatic nitrogens is 1. The molecule has 0 saturated heterocycles. The SMILES string of the molecule is NC(=O)c1cccc2c1c1cc(F)ccc1n2Cc1cccs1. The molecule has 0 saturated carbocycles. The molecule has 0 fully saturated rings. The van der Waals surface area contributed by atoms with E-state index in [1.165, 1.54) is 17.0 Å². The number of benzene rings is 2. The highest BCUT2D eigenvalue weighted by Gasteiger charge is 2.17. The van der Waals surface area contributed by atoms with Crippen molar-refractivity contribution in [1.82, 2.24) is 4.57 Å². The van der Waals surface area contributed by atoms with Gasteiger partial charge in [-0.25, -0.2) is 4.39 Å². The number of carbonyl (C=O) groups excluding carboxylic acids is 1. The number of nitrogens with zero attached hydrogens (tertiary/aromatic N) is 1. The quantitative estimate of drug-likeness (QED) is 0.605. The number of rotatable bonds is 3. The van der Waals surface area contributed by atoms with E-state index in [0.29, 0.717) is 22.9 Å². The van der Waals surface area contributed by atoms with Gasteiger partial charge in [-0.1, -0.05) is 12.1 Å². The van der Waals surface area contributed by atoms with Crippen LogP contribution in [0.1, 0.15) is 15.2 Å². The second-order valence-corrected chi connectivity index (χ2v) is 6.42. The van der Waals surface area contributed by atoms with E-state index in [-0.39, 0.29) is 5.82 Å². The van der Waals surface area contributed by atoms with Crippen LogP contribution in [0.3, 0.4) is 0 Å². The fourth-order valence-corrected chi connectivity index (χ4v) is 3.75.